The van der Waals surface area contributed by atoms with Gasteiger partial charge < -0.3 is 10.2 Å². The van der Waals surface area contributed by atoms with Gasteiger partial charge in [-0.05, 0) is 30.5 Å². The van der Waals surface area contributed by atoms with Crippen LogP contribution in [0.4, 0.5) is 20.2 Å². The number of carbonyl (C=O) groups excluding carboxylic acids is 2. The third kappa shape index (κ3) is 3.66. The van der Waals surface area contributed by atoms with Crippen molar-refractivity contribution >= 4 is 35.0 Å². The second kappa shape index (κ2) is 7.23. The molecule has 2 aromatic carbocycles. The number of thioether (sulfide) groups is 1. The molecule has 1 N–H and O–H groups in total. The Hall–Kier alpha value is -2.41. The predicted molar refractivity (Wildman–Crippen MR) is 93.7 cm³/mol. The van der Waals surface area contributed by atoms with E-state index in [9.17, 15) is 18.4 Å². The molecular weight excluding hydrogens is 346 g/mol. The maximum absolute atomic E-state index is 13.9. The summed E-state index contributed by atoms with van der Waals surface area (Å²) in [7, 11) is 0. The van der Waals surface area contributed by atoms with Crippen molar-refractivity contribution < 1.29 is 18.4 Å². The van der Waals surface area contributed by atoms with Gasteiger partial charge in [0.1, 0.15) is 11.6 Å². The average Bonchev–Trinajstić information content (AvgIpc) is 2.97. The number of halogens is 2. The smallest absolute Gasteiger partial charge is 0.229 e. The summed E-state index contributed by atoms with van der Waals surface area (Å²) in [4.78, 5) is 26.8. The van der Waals surface area contributed by atoms with Crippen molar-refractivity contribution in [2.45, 2.75) is 11.3 Å². The van der Waals surface area contributed by atoms with Crippen molar-refractivity contribution in [3.63, 3.8) is 0 Å². The van der Waals surface area contributed by atoms with Gasteiger partial charge in [0.25, 0.3) is 0 Å². The van der Waals surface area contributed by atoms with Crippen LogP contribution in [-0.2, 0) is 9.59 Å². The standard InChI is InChI=1S/C18H16F2N2O2S/c1-25-16-5-3-2-4-14(16)21-18(24)11-8-17(23)22(10-11)15-7-6-12(19)9-13(15)20/h2-7,9,11H,8,10H2,1H3,(H,21,24). The second-order valence-electron chi connectivity index (χ2n) is 5.69. The Labute approximate surface area is 148 Å². The molecule has 2 amide bonds. The third-order valence-electron chi connectivity index (χ3n) is 4.06. The molecule has 1 aliphatic rings. The molecule has 0 spiro atoms. The molecule has 2 aromatic rings. The summed E-state index contributed by atoms with van der Waals surface area (Å²) in [6.45, 7) is 0.0641. The molecule has 3 rings (SSSR count). The molecule has 0 radical (unpaired) electrons. The van der Waals surface area contributed by atoms with Crippen LogP contribution in [0.3, 0.4) is 0 Å². The van der Waals surface area contributed by atoms with Gasteiger partial charge in [-0.3, -0.25) is 9.59 Å². The topological polar surface area (TPSA) is 49.4 Å². The molecule has 1 heterocycles. The highest BCUT2D eigenvalue weighted by molar-refractivity contribution is 7.98. The predicted octanol–water partition coefficient (Wildman–Crippen LogP) is 3.68. The zero-order valence-corrected chi connectivity index (χ0v) is 14.3. The lowest BCUT2D eigenvalue weighted by Gasteiger charge is -2.17. The Morgan fingerprint density at radius 1 is 1.24 bits per heavy atom. The third-order valence-corrected chi connectivity index (χ3v) is 4.86. The molecule has 1 fully saturated rings. The van der Waals surface area contributed by atoms with Gasteiger partial charge >= 0.3 is 0 Å². The summed E-state index contributed by atoms with van der Waals surface area (Å²) in [5, 5.41) is 2.83. The number of hydrogen-bond acceptors (Lipinski definition) is 3. The SMILES string of the molecule is CSc1ccccc1NC(=O)C1CC(=O)N(c2ccc(F)cc2F)C1. The van der Waals surface area contributed by atoms with Crippen LogP contribution in [0.5, 0.6) is 0 Å². The van der Waals surface area contributed by atoms with Gasteiger partial charge in [0.05, 0.1) is 17.3 Å². The molecule has 130 valence electrons. The quantitative estimate of drug-likeness (QED) is 0.844. The maximum Gasteiger partial charge on any atom is 0.229 e. The van der Waals surface area contributed by atoms with Crippen LogP contribution in [0, 0.1) is 17.6 Å². The number of rotatable bonds is 4. The number of carbonyl (C=O) groups is 2. The highest BCUT2D eigenvalue weighted by atomic mass is 32.2. The molecule has 0 aromatic heterocycles. The Bertz CT molecular complexity index is 828. The number of benzene rings is 2. The second-order valence-corrected chi connectivity index (χ2v) is 6.54. The molecule has 4 nitrogen and oxygen atoms in total. The number of para-hydroxylation sites is 1. The van der Waals surface area contributed by atoms with Crippen molar-refractivity contribution in [1.29, 1.82) is 0 Å². The van der Waals surface area contributed by atoms with Gasteiger partial charge in [0.2, 0.25) is 11.8 Å². The van der Waals surface area contributed by atoms with Crippen molar-refractivity contribution in [2.75, 3.05) is 23.0 Å². The van der Waals surface area contributed by atoms with E-state index in [-0.39, 0.29) is 30.5 Å². The number of anilines is 2. The van der Waals surface area contributed by atoms with E-state index >= 15 is 0 Å². The molecule has 0 aliphatic carbocycles. The normalized spacial score (nSPS) is 17.0. The first-order valence-electron chi connectivity index (χ1n) is 7.69. The first-order chi connectivity index (χ1) is 12.0. The summed E-state index contributed by atoms with van der Waals surface area (Å²) in [6.07, 6.45) is 1.90. The summed E-state index contributed by atoms with van der Waals surface area (Å²) in [5.74, 6) is -2.77. The zero-order valence-electron chi connectivity index (χ0n) is 13.5. The first kappa shape index (κ1) is 17.4. The number of nitrogens with zero attached hydrogens (tertiary/aromatic N) is 1. The Morgan fingerprint density at radius 2 is 2.00 bits per heavy atom. The van der Waals surface area contributed by atoms with Crippen LogP contribution in [-0.4, -0.2) is 24.6 Å². The van der Waals surface area contributed by atoms with Crippen LogP contribution < -0.4 is 10.2 Å². The van der Waals surface area contributed by atoms with Crippen molar-refractivity contribution in [2.24, 2.45) is 5.92 Å². The molecule has 0 bridgehead atoms. The highest BCUT2D eigenvalue weighted by Gasteiger charge is 2.36. The van der Waals surface area contributed by atoms with E-state index in [0.29, 0.717) is 5.69 Å². The average molecular weight is 362 g/mol. The largest absolute Gasteiger partial charge is 0.325 e. The van der Waals surface area contributed by atoms with Gasteiger partial charge in [0.15, 0.2) is 0 Å². The van der Waals surface area contributed by atoms with Crippen LogP contribution >= 0.6 is 11.8 Å². The van der Waals surface area contributed by atoms with E-state index in [1.54, 1.807) is 6.07 Å². The van der Waals surface area contributed by atoms with E-state index in [1.807, 2.05) is 24.5 Å². The zero-order chi connectivity index (χ0) is 18.0. The van der Waals surface area contributed by atoms with Gasteiger partial charge in [-0.1, -0.05) is 12.1 Å². The first-order valence-corrected chi connectivity index (χ1v) is 8.91. The fraction of sp³-hybridized carbons (Fsp3) is 0.222. The number of nitrogens with one attached hydrogen (secondary N) is 1. The van der Waals surface area contributed by atoms with Crippen molar-refractivity contribution in [3.8, 4) is 0 Å². The Balaban J connectivity index is 1.74. The molecule has 7 heteroatoms. The molecule has 1 aliphatic heterocycles. The maximum atomic E-state index is 13.9. The number of hydrogen-bond donors (Lipinski definition) is 1. The highest BCUT2D eigenvalue weighted by Crippen LogP contribution is 2.30. The molecule has 0 saturated carbocycles. The minimum Gasteiger partial charge on any atom is -0.325 e. The van der Waals surface area contributed by atoms with E-state index in [1.165, 1.54) is 22.7 Å². The van der Waals surface area contributed by atoms with Crippen LogP contribution in [0.2, 0.25) is 0 Å². The molecule has 1 saturated heterocycles. The fourth-order valence-electron chi connectivity index (χ4n) is 2.80. The Kier molecular flexibility index (Phi) is 5.03. The summed E-state index contributed by atoms with van der Waals surface area (Å²) in [5.41, 5.74) is 0.671. The Morgan fingerprint density at radius 3 is 2.72 bits per heavy atom. The molecular formula is C18H16F2N2O2S. The fourth-order valence-corrected chi connectivity index (χ4v) is 3.35. The molecule has 25 heavy (non-hydrogen) atoms. The minimum absolute atomic E-state index is 0.00814. The van der Waals surface area contributed by atoms with Crippen molar-refractivity contribution in [1.82, 2.24) is 0 Å². The lowest BCUT2D eigenvalue weighted by atomic mass is 10.1. The van der Waals surface area contributed by atoms with E-state index in [0.717, 1.165) is 17.0 Å². The van der Waals surface area contributed by atoms with Gasteiger partial charge in [-0.2, -0.15) is 0 Å². The van der Waals surface area contributed by atoms with E-state index in [4.69, 9.17) is 0 Å². The van der Waals surface area contributed by atoms with E-state index in [2.05, 4.69) is 5.32 Å². The van der Waals surface area contributed by atoms with Crippen LogP contribution in [0.1, 0.15) is 6.42 Å². The summed E-state index contributed by atoms with van der Waals surface area (Å²) >= 11 is 1.50. The lowest BCUT2D eigenvalue weighted by Crippen LogP contribution is -2.28. The molecule has 1 unspecified atom stereocenters. The van der Waals surface area contributed by atoms with Crippen LogP contribution in [0.25, 0.3) is 0 Å². The summed E-state index contributed by atoms with van der Waals surface area (Å²) < 4.78 is 27.0. The lowest BCUT2D eigenvalue weighted by molar-refractivity contribution is -0.122. The monoisotopic (exact) mass is 362 g/mol. The van der Waals surface area contributed by atoms with E-state index < -0.39 is 17.6 Å². The molecule has 1 atom stereocenters. The number of amides is 2. The van der Waals surface area contributed by atoms with Gasteiger partial charge in [0, 0.05) is 23.9 Å². The summed E-state index contributed by atoms with van der Waals surface area (Å²) in [6, 6.07) is 10.4. The van der Waals surface area contributed by atoms with Gasteiger partial charge in [-0.25, -0.2) is 8.78 Å². The van der Waals surface area contributed by atoms with Crippen LogP contribution in [0.15, 0.2) is 47.4 Å². The minimum atomic E-state index is -0.817. The van der Waals surface area contributed by atoms with Gasteiger partial charge in [-0.15, -0.1) is 11.8 Å². The van der Waals surface area contributed by atoms with Crippen molar-refractivity contribution in [3.05, 3.63) is 54.1 Å².